The molecule has 0 spiro atoms. The van der Waals surface area contributed by atoms with Gasteiger partial charge >= 0.3 is 0 Å². The minimum atomic E-state index is -0.144. The SMILES string of the molecule is CN1CCN(c2ccc(CNC(=O)c3n[nH]c4c3CNCC4)cn2)CC1. The molecule has 0 unspecified atom stereocenters. The number of pyridine rings is 1. The Labute approximate surface area is 153 Å². The lowest BCUT2D eigenvalue weighted by Crippen LogP contribution is -2.44. The van der Waals surface area contributed by atoms with E-state index in [1.807, 2.05) is 18.3 Å². The number of aromatic amines is 1. The number of piperazine rings is 1. The van der Waals surface area contributed by atoms with Crippen molar-refractivity contribution in [2.75, 3.05) is 44.7 Å². The average molecular weight is 355 g/mol. The molecule has 0 aliphatic carbocycles. The molecule has 2 aromatic heterocycles. The number of carbonyl (C=O) groups is 1. The Bertz CT molecular complexity index is 762. The number of nitrogens with zero attached hydrogens (tertiary/aromatic N) is 4. The summed E-state index contributed by atoms with van der Waals surface area (Å²) in [7, 11) is 2.14. The number of aromatic nitrogens is 3. The zero-order chi connectivity index (χ0) is 17.9. The number of carbonyl (C=O) groups excluding carboxylic acids is 1. The largest absolute Gasteiger partial charge is 0.354 e. The van der Waals surface area contributed by atoms with Gasteiger partial charge in [0.25, 0.3) is 5.91 Å². The van der Waals surface area contributed by atoms with Gasteiger partial charge < -0.3 is 20.4 Å². The third-order valence-corrected chi connectivity index (χ3v) is 5.11. The highest BCUT2D eigenvalue weighted by molar-refractivity contribution is 5.94. The Balaban J connectivity index is 1.34. The first-order valence-corrected chi connectivity index (χ1v) is 9.14. The summed E-state index contributed by atoms with van der Waals surface area (Å²) in [5.41, 5.74) is 3.53. The fourth-order valence-electron chi connectivity index (χ4n) is 3.42. The molecule has 2 aliphatic heterocycles. The van der Waals surface area contributed by atoms with Crippen LogP contribution in [0, 0.1) is 0 Å². The Kier molecular flexibility index (Phi) is 4.85. The van der Waals surface area contributed by atoms with Crippen molar-refractivity contribution in [1.82, 2.24) is 30.7 Å². The summed E-state index contributed by atoms with van der Waals surface area (Å²) in [5.74, 6) is 0.856. The molecule has 2 aliphatic rings. The fraction of sp³-hybridized carbons (Fsp3) is 0.500. The van der Waals surface area contributed by atoms with Crippen LogP contribution in [0.25, 0.3) is 0 Å². The maximum absolute atomic E-state index is 12.4. The first-order chi connectivity index (χ1) is 12.7. The van der Waals surface area contributed by atoms with Crippen molar-refractivity contribution < 1.29 is 4.79 Å². The van der Waals surface area contributed by atoms with Gasteiger partial charge in [-0.15, -0.1) is 0 Å². The number of nitrogens with one attached hydrogen (secondary N) is 3. The molecule has 26 heavy (non-hydrogen) atoms. The standard InChI is InChI=1S/C18H25N7O/c1-24-6-8-25(9-7-24)16-3-2-13(10-20-16)11-21-18(26)17-14-12-19-5-4-15(14)22-23-17/h2-3,10,19H,4-9,11-12H2,1H3,(H,21,26)(H,22,23). The second-order valence-corrected chi connectivity index (χ2v) is 6.95. The van der Waals surface area contributed by atoms with E-state index in [-0.39, 0.29) is 5.91 Å². The van der Waals surface area contributed by atoms with Gasteiger partial charge in [0, 0.05) is 69.7 Å². The lowest BCUT2D eigenvalue weighted by atomic mass is 10.1. The highest BCUT2D eigenvalue weighted by Gasteiger charge is 2.21. The van der Waals surface area contributed by atoms with Crippen molar-refractivity contribution in [2.24, 2.45) is 0 Å². The average Bonchev–Trinajstić information content (AvgIpc) is 3.11. The predicted octanol–water partition coefficient (Wildman–Crippen LogP) is 0.132. The van der Waals surface area contributed by atoms with Crippen molar-refractivity contribution in [1.29, 1.82) is 0 Å². The summed E-state index contributed by atoms with van der Waals surface area (Å²) in [5, 5.41) is 13.4. The zero-order valence-corrected chi connectivity index (χ0v) is 15.1. The van der Waals surface area contributed by atoms with E-state index in [2.05, 4.69) is 42.7 Å². The third-order valence-electron chi connectivity index (χ3n) is 5.11. The molecular formula is C18H25N7O. The molecule has 0 saturated carbocycles. The number of hydrogen-bond acceptors (Lipinski definition) is 6. The van der Waals surface area contributed by atoms with Gasteiger partial charge in [-0.05, 0) is 18.7 Å². The van der Waals surface area contributed by atoms with Gasteiger partial charge in [-0.25, -0.2) is 4.98 Å². The molecule has 2 aromatic rings. The van der Waals surface area contributed by atoms with E-state index < -0.39 is 0 Å². The maximum Gasteiger partial charge on any atom is 0.272 e. The number of likely N-dealkylation sites (N-methyl/N-ethyl adjacent to an activating group) is 1. The first kappa shape index (κ1) is 17.0. The Morgan fingerprint density at radius 1 is 1.27 bits per heavy atom. The monoisotopic (exact) mass is 355 g/mol. The minimum absolute atomic E-state index is 0.144. The molecule has 0 atom stereocenters. The smallest absolute Gasteiger partial charge is 0.272 e. The van der Waals surface area contributed by atoms with Crippen LogP contribution in [0.4, 0.5) is 5.82 Å². The molecular weight excluding hydrogens is 330 g/mol. The van der Waals surface area contributed by atoms with Crippen molar-refractivity contribution in [2.45, 2.75) is 19.5 Å². The quantitative estimate of drug-likeness (QED) is 0.723. The molecule has 3 N–H and O–H groups in total. The van der Waals surface area contributed by atoms with Crippen LogP contribution in [0.3, 0.4) is 0 Å². The number of amides is 1. The van der Waals surface area contributed by atoms with Gasteiger partial charge in [-0.2, -0.15) is 5.10 Å². The van der Waals surface area contributed by atoms with Crippen LogP contribution in [0.2, 0.25) is 0 Å². The molecule has 138 valence electrons. The molecule has 1 saturated heterocycles. The minimum Gasteiger partial charge on any atom is -0.354 e. The van der Waals surface area contributed by atoms with Crippen LogP contribution in [0.1, 0.15) is 27.3 Å². The Hall–Kier alpha value is -2.45. The lowest BCUT2D eigenvalue weighted by molar-refractivity contribution is 0.0944. The van der Waals surface area contributed by atoms with Crippen molar-refractivity contribution >= 4 is 11.7 Å². The van der Waals surface area contributed by atoms with Crippen LogP contribution in [-0.2, 0) is 19.5 Å². The van der Waals surface area contributed by atoms with E-state index in [1.54, 1.807) is 0 Å². The summed E-state index contributed by atoms with van der Waals surface area (Å²) < 4.78 is 0. The molecule has 8 nitrogen and oxygen atoms in total. The second-order valence-electron chi connectivity index (χ2n) is 6.95. The summed E-state index contributed by atoms with van der Waals surface area (Å²) >= 11 is 0. The fourth-order valence-corrected chi connectivity index (χ4v) is 3.42. The van der Waals surface area contributed by atoms with Crippen molar-refractivity contribution in [3.8, 4) is 0 Å². The van der Waals surface area contributed by atoms with Crippen LogP contribution >= 0.6 is 0 Å². The van der Waals surface area contributed by atoms with E-state index >= 15 is 0 Å². The van der Waals surface area contributed by atoms with E-state index in [4.69, 9.17) is 0 Å². The van der Waals surface area contributed by atoms with E-state index in [0.717, 1.165) is 61.8 Å². The van der Waals surface area contributed by atoms with Crippen LogP contribution < -0.4 is 15.5 Å². The number of rotatable bonds is 4. The van der Waals surface area contributed by atoms with Gasteiger partial charge in [0.1, 0.15) is 5.82 Å². The molecule has 0 aromatic carbocycles. The maximum atomic E-state index is 12.4. The summed E-state index contributed by atoms with van der Waals surface area (Å²) in [6.07, 6.45) is 2.72. The van der Waals surface area contributed by atoms with Crippen LogP contribution in [-0.4, -0.2) is 65.8 Å². The van der Waals surface area contributed by atoms with E-state index in [9.17, 15) is 4.79 Å². The number of fused-ring (bicyclic) bond motifs is 1. The zero-order valence-electron chi connectivity index (χ0n) is 15.1. The number of hydrogen-bond donors (Lipinski definition) is 3. The summed E-state index contributed by atoms with van der Waals surface area (Å²) in [6, 6.07) is 4.07. The van der Waals surface area contributed by atoms with Crippen LogP contribution in [0.5, 0.6) is 0 Å². The second kappa shape index (κ2) is 7.43. The van der Waals surface area contributed by atoms with Gasteiger partial charge in [0.2, 0.25) is 0 Å². The Morgan fingerprint density at radius 2 is 2.12 bits per heavy atom. The van der Waals surface area contributed by atoms with Crippen LogP contribution in [0.15, 0.2) is 18.3 Å². The number of H-pyrrole nitrogens is 1. The highest BCUT2D eigenvalue weighted by Crippen LogP contribution is 2.16. The van der Waals surface area contributed by atoms with Crippen molar-refractivity contribution in [3.05, 3.63) is 40.8 Å². The van der Waals surface area contributed by atoms with E-state index in [0.29, 0.717) is 18.8 Å². The lowest BCUT2D eigenvalue weighted by Gasteiger charge is -2.33. The molecule has 4 rings (SSSR count). The number of anilines is 1. The van der Waals surface area contributed by atoms with Crippen molar-refractivity contribution in [3.63, 3.8) is 0 Å². The first-order valence-electron chi connectivity index (χ1n) is 9.14. The summed E-state index contributed by atoms with van der Waals surface area (Å²) in [6.45, 7) is 6.17. The molecule has 0 bridgehead atoms. The van der Waals surface area contributed by atoms with Gasteiger partial charge in [-0.3, -0.25) is 9.89 Å². The molecule has 1 fully saturated rings. The molecule has 4 heterocycles. The predicted molar refractivity (Wildman–Crippen MR) is 99.1 cm³/mol. The summed E-state index contributed by atoms with van der Waals surface area (Å²) in [4.78, 5) is 21.6. The molecule has 8 heteroatoms. The third kappa shape index (κ3) is 3.56. The normalized spacial score (nSPS) is 17.8. The topological polar surface area (TPSA) is 89.2 Å². The van der Waals surface area contributed by atoms with E-state index in [1.165, 1.54) is 0 Å². The van der Waals surface area contributed by atoms with Gasteiger partial charge in [-0.1, -0.05) is 6.07 Å². The van der Waals surface area contributed by atoms with Gasteiger partial charge in [0.05, 0.1) is 0 Å². The van der Waals surface area contributed by atoms with Gasteiger partial charge in [0.15, 0.2) is 5.69 Å². The highest BCUT2D eigenvalue weighted by atomic mass is 16.1. The molecule has 1 amide bonds. The molecule has 0 radical (unpaired) electrons. The Morgan fingerprint density at radius 3 is 2.88 bits per heavy atom.